The molecule has 0 saturated heterocycles. The molecule has 1 aromatic heterocycles. The normalized spacial score (nSPS) is 18.4. The molecule has 2 aromatic carbocycles. The maximum absolute atomic E-state index is 13.1. The van der Waals surface area contributed by atoms with Crippen molar-refractivity contribution in [3.8, 4) is 22.5 Å². The van der Waals surface area contributed by atoms with Crippen molar-refractivity contribution in [1.82, 2.24) is 9.97 Å². The van der Waals surface area contributed by atoms with Crippen molar-refractivity contribution < 1.29 is 4.39 Å². The van der Waals surface area contributed by atoms with E-state index in [9.17, 15) is 4.39 Å². The molecule has 0 radical (unpaired) electrons. The molecule has 0 atom stereocenters. The summed E-state index contributed by atoms with van der Waals surface area (Å²) in [5, 5.41) is 0. The first-order chi connectivity index (χ1) is 16.2. The number of benzene rings is 2. The monoisotopic (exact) mass is 444 g/mol. The van der Waals surface area contributed by atoms with Crippen LogP contribution in [0.5, 0.6) is 0 Å². The molecule has 4 rings (SSSR count). The molecular weight excluding hydrogens is 407 g/mol. The minimum Gasteiger partial charge on any atom is -0.236 e. The molecule has 3 aromatic rings. The Morgan fingerprint density at radius 2 is 1.30 bits per heavy atom. The van der Waals surface area contributed by atoms with Crippen molar-refractivity contribution in [3.05, 3.63) is 72.3 Å². The van der Waals surface area contributed by atoms with Gasteiger partial charge in [-0.2, -0.15) is 0 Å². The van der Waals surface area contributed by atoms with E-state index in [4.69, 9.17) is 0 Å². The summed E-state index contributed by atoms with van der Waals surface area (Å²) in [5.74, 6) is 2.02. The third kappa shape index (κ3) is 6.72. The molecule has 0 N–H and O–H groups in total. The van der Waals surface area contributed by atoms with Crippen LogP contribution in [0.2, 0.25) is 0 Å². The second-order valence-corrected chi connectivity index (χ2v) is 9.70. The van der Waals surface area contributed by atoms with Gasteiger partial charge >= 0.3 is 0 Å². The summed E-state index contributed by atoms with van der Waals surface area (Å²) in [5.41, 5.74) is 4.45. The molecule has 1 fully saturated rings. The Bertz CT molecular complexity index is 956. The highest BCUT2D eigenvalue weighted by Crippen LogP contribution is 2.38. The average Bonchev–Trinajstić information content (AvgIpc) is 2.87. The summed E-state index contributed by atoms with van der Waals surface area (Å²) < 4.78 is 13.1. The van der Waals surface area contributed by atoms with E-state index < -0.39 is 0 Å². The fraction of sp³-hybridized carbons (Fsp3) is 0.467. The van der Waals surface area contributed by atoms with Gasteiger partial charge in [-0.05, 0) is 72.9 Å². The Labute approximate surface area is 198 Å². The molecular formula is C30H37FN2. The fourth-order valence-electron chi connectivity index (χ4n) is 5.17. The van der Waals surface area contributed by atoms with E-state index in [1.54, 1.807) is 12.1 Å². The smallest absolute Gasteiger partial charge is 0.159 e. The van der Waals surface area contributed by atoms with Gasteiger partial charge < -0.3 is 0 Å². The van der Waals surface area contributed by atoms with Crippen molar-refractivity contribution in [2.45, 2.75) is 83.5 Å². The summed E-state index contributed by atoms with van der Waals surface area (Å²) in [7, 11) is 0. The zero-order chi connectivity index (χ0) is 22.9. The molecule has 0 amide bonds. The van der Waals surface area contributed by atoms with Crippen molar-refractivity contribution >= 4 is 0 Å². The fourth-order valence-corrected chi connectivity index (χ4v) is 5.17. The van der Waals surface area contributed by atoms with Crippen LogP contribution in [-0.4, -0.2) is 9.97 Å². The summed E-state index contributed by atoms with van der Waals surface area (Å²) >= 11 is 0. The molecule has 1 heterocycles. The maximum atomic E-state index is 13.1. The lowest BCUT2D eigenvalue weighted by Crippen LogP contribution is -2.13. The van der Waals surface area contributed by atoms with Gasteiger partial charge in [0.1, 0.15) is 5.82 Å². The van der Waals surface area contributed by atoms with Crippen LogP contribution in [0, 0.1) is 11.7 Å². The standard InChI is InChI=1S/C30H37FN2/c1-2-3-4-5-6-7-8-23-9-11-24(12-10-23)25-13-15-26(16-14-25)28-21-32-30(33-22-28)27-17-19-29(31)20-18-27/h13-24H,2-12H2,1H3/t23-,24-. The third-order valence-electron chi connectivity index (χ3n) is 7.28. The second kappa shape index (κ2) is 12.1. The van der Waals surface area contributed by atoms with Gasteiger partial charge in [-0.1, -0.05) is 76.1 Å². The first kappa shape index (κ1) is 23.6. The van der Waals surface area contributed by atoms with Gasteiger partial charge in [0, 0.05) is 23.5 Å². The highest BCUT2D eigenvalue weighted by Gasteiger charge is 2.22. The third-order valence-corrected chi connectivity index (χ3v) is 7.28. The molecule has 3 heteroatoms. The summed E-state index contributed by atoms with van der Waals surface area (Å²) in [4.78, 5) is 8.97. The minimum atomic E-state index is -0.248. The molecule has 0 aliphatic heterocycles. The lowest BCUT2D eigenvalue weighted by atomic mass is 9.77. The zero-order valence-corrected chi connectivity index (χ0v) is 20.0. The van der Waals surface area contributed by atoms with Crippen molar-refractivity contribution in [2.24, 2.45) is 5.92 Å². The quantitative estimate of drug-likeness (QED) is 0.292. The van der Waals surface area contributed by atoms with Crippen LogP contribution in [0.3, 0.4) is 0 Å². The molecule has 1 aliphatic carbocycles. The number of aromatic nitrogens is 2. The van der Waals surface area contributed by atoms with Gasteiger partial charge in [-0.15, -0.1) is 0 Å². The Hall–Kier alpha value is -2.55. The number of unbranched alkanes of at least 4 members (excludes halogenated alkanes) is 5. The van der Waals surface area contributed by atoms with Gasteiger partial charge in [0.15, 0.2) is 5.82 Å². The molecule has 0 spiro atoms. The predicted molar refractivity (Wildman–Crippen MR) is 136 cm³/mol. The Balaban J connectivity index is 1.26. The first-order valence-electron chi connectivity index (χ1n) is 12.9. The molecule has 174 valence electrons. The van der Waals surface area contributed by atoms with Crippen LogP contribution in [0.1, 0.15) is 89.0 Å². The van der Waals surface area contributed by atoms with E-state index in [1.807, 2.05) is 12.4 Å². The highest BCUT2D eigenvalue weighted by molar-refractivity contribution is 5.64. The maximum Gasteiger partial charge on any atom is 0.159 e. The van der Waals surface area contributed by atoms with Crippen molar-refractivity contribution in [3.63, 3.8) is 0 Å². The Morgan fingerprint density at radius 3 is 1.97 bits per heavy atom. The van der Waals surface area contributed by atoms with Crippen LogP contribution in [0.15, 0.2) is 60.9 Å². The van der Waals surface area contributed by atoms with Crippen molar-refractivity contribution in [1.29, 1.82) is 0 Å². The van der Waals surface area contributed by atoms with Crippen molar-refractivity contribution in [2.75, 3.05) is 0 Å². The lowest BCUT2D eigenvalue weighted by molar-refractivity contribution is 0.302. The predicted octanol–water partition coefficient (Wildman–Crippen LogP) is 8.97. The zero-order valence-electron chi connectivity index (χ0n) is 20.0. The molecule has 1 aliphatic rings. The van der Waals surface area contributed by atoms with E-state index in [0.717, 1.165) is 22.6 Å². The van der Waals surface area contributed by atoms with Crippen LogP contribution in [0.25, 0.3) is 22.5 Å². The average molecular weight is 445 g/mol. The van der Waals surface area contributed by atoms with E-state index >= 15 is 0 Å². The molecule has 1 saturated carbocycles. The van der Waals surface area contributed by atoms with Crippen LogP contribution >= 0.6 is 0 Å². The number of rotatable bonds is 10. The first-order valence-corrected chi connectivity index (χ1v) is 12.9. The van der Waals surface area contributed by atoms with E-state index in [1.165, 1.54) is 88.3 Å². The molecule has 0 unspecified atom stereocenters. The van der Waals surface area contributed by atoms with Gasteiger partial charge in [0.2, 0.25) is 0 Å². The van der Waals surface area contributed by atoms with Crippen LogP contribution < -0.4 is 0 Å². The SMILES string of the molecule is CCCCCCCC[C@H]1CC[C@H](c2ccc(-c3cnc(-c4ccc(F)cc4)nc3)cc2)CC1. The summed E-state index contributed by atoms with van der Waals surface area (Å²) in [6.45, 7) is 2.29. The topological polar surface area (TPSA) is 25.8 Å². The van der Waals surface area contributed by atoms with Gasteiger partial charge in [0.25, 0.3) is 0 Å². The van der Waals surface area contributed by atoms with Crippen LogP contribution in [0.4, 0.5) is 4.39 Å². The van der Waals surface area contributed by atoms with E-state index in [2.05, 4.69) is 41.2 Å². The van der Waals surface area contributed by atoms with Gasteiger partial charge in [-0.25, -0.2) is 14.4 Å². The minimum absolute atomic E-state index is 0.248. The lowest BCUT2D eigenvalue weighted by Gasteiger charge is -2.29. The Kier molecular flexibility index (Phi) is 8.63. The largest absolute Gasteiger partial charge is 0.236 e. The van der Waals surface area contributed by atoms with E-state index in [-0.39, 0.29) is 5.82 Å². The number of hydrogen-bond donors (Lipinski definition) is 0. The number of nitrogens with zero attached hydrogens (tertiary/aromatic N) is 2. The van der Waals surface area contributed by atoms with Crippen LogP contribution in [-0.2, 0) is 0 Å². The molecule has 33 heavy (non-hydrogen) atoms. The van der Waals surface area contributed by atoms with E-state index in [0.29, 0.717) is 11.7 Å². The number of halogens is 1. The summed E-state index contributed by atoms with van der Waals surface area (Å²) in [6.07, 6.45) is 19.0. The van der Waals surface area contributed by atoms with Gasteiger partial charge in [0.05, 0.1) is 0 Å². The van der Waals surface area contributed by atoms with Gasteiger partial charge in [-0.3, -0.25) is 0 Å². The highest BCUT2D eigenvalue weighted by atomic mass is 19.1. The second-order valence-electron chi connectivity index (χ2n) is 9.70. The number of hydrogen-bond acceptors (Lipinski definition) is 2. The molecule has 2 nitrogen and oxygen atoms in total. The summed E-state index contributed by atoms with van der Waals surface area (Å²) in [6, 6.07) is 15.3. The Morgan fingerprint density at radius 1 is 0.697 bits per heavy atom. The molecule has 0 bridgehead atoms.